The molecule has 2 saturated heterocycles. The number of carbonyl (C=O) groups is 2. The topological polar surface area (TPSA) is 77.7 Å². The maximum absolute atomic E-state index is 12.0. The van der Waals surface area contributed by atoms with Crippen LogP contribution >= 0.6 is 0 Å². The van der Waals surface area contributed by atoms with Crippen molar-refractivity contribution in [1.29, 1.82) is 0 Å². The molecule has 0 aromatic carbocycles. The highest BCUT2D eigenvalue weighted by Gasteiger charge is 2.46. The summed E-state index contributed by atoms with van der Waals surface area (Å²) in [6, 6.07) is 0. The van der Waals surface area contributed by atoms with E-state index in [-0.39, 0.29) is 17.9 Å². The molecule has 0 aromatic rings. The number of fused-ring (bicyclic) bond motifs is 1. The third-order valence-electron chi connectivity index (χ3n) is 5.92. The lowest BCUT2D eigenvalue weighted by molar-refractivity contribution is -0.150. The van der Waals surface area contributed by atoms with E-state index >= 15 is 0 Å². The lowest BCUT2D eigenvalue weighted by Gasteiger charge is -2.17. The molecule has 6 nitrogen and oxygen atoms in total. The summed E-state index contributed by atoms with van der Waals surface area (Å²) >= 11 is 0. The number of epoxide rings is 2. The Morgan fingerprint density at radius 1 is 1.07 bits per heavy atom. The van der Waals surface area contributed by atoms with Gasteiger partial charge in [-0.05, 0) is 64.2 Å². The zero-order chi connectivity index (χ0) is 19.2. The molecule has 6 heteroatoms. The first-order chi connectivity index (χ1) is 13.0. The van der Waals surface area contributed by atoms with Crippen LogP contribution in [0.1, 0.15) is 71.6 Å². The second-order valence-electron chi connectivity index (χ2n) is 8.45. The molecular formula is C21H34O6. The molecule has 0 bridgehead atoms. The molecule has 154 valence electrons. The lowest BCUT2D eigenvalue weighted by atomic mass is 9.89. The van der Waals surface area contributed by atoms with Crippen LogP contribution in [-0.2, 0) is 28.5 Å². The van der Waals surface area contributed by atoms with Gasteiger partial charge in [-0.25, -0.2) is 0 Å². The van der Waals surface area contributed by atoms with E-state index in [2.05, 4.69) is 13.8 Å². The molecule has 1 saturated carbocycles. The molecule has 1 aliphatic carbocycles. The summed E-state index contributed by atoms with van der Waals surface area (Å²) in [4.78, 5) is 23.8. The average molecular weight is 382 g/mol. The molecule has 0 spiro atoms. The van der Waals surface area contributed by atoms with Gasteiger partial charge in [-0.1, -0.05) is 6.92 Å². The molecule has 0 aromatic heterocycles. The Morgan fingerprint density at radius 3 is 2.63 bits per heavy atom. The van der Waals surface area contributed by atoms with Crippen molar-refractivity contribution in [2.75, 3.05) is 13.2 Å². The van der Waals surface area contributed by atoms with E-state index in [1.165, 1.54) is 0 Å². The third kappa shape index (κ3) is 7.07. The number of carbonyl (C=O) groups excluding carboxylic acids is 2. The van der Waals surface area contributed by atoms with Gasteiger partial charge in [0.25, 0.3) is 0 Å². The Kier molecular flexibility index (Phi) is 7.53. The van der Waals surface area contributed by atoms with Gasteiger partial charge in [-0.2, -0.15) is 0 Å². The van der Waals surface area contributed by atoms with E-state index in [0.717, 1.165) is 51.4 Å². The maximum Gasteiger partial charge on any atom is 0.309 e. The molecule has 0 N–H and O–H groups in total. The number of hydrogen-bond donors (Lipinski definition) is 0. The minimum Gasteiger partial charge on any atom is -0.465 e. The first kappa shape index (κ1) is 20.6. The Balaban J connectivity index is 1.12. The van der Waals surface area contributed by atoms with Crippen molar-refractivity contribution in [3.05, 3.63) is 0 Å². The smallest absolute Gasteiger partial charge is 0.309 e. The standard InChI is InChI=1S/C21H34O6/c1-14(7-9-17-15(2)26-17)13-25-20(22)6-4-3-5-11-24-21(23)16-8-10-18-19(12-16)27-18/h14-19H,3-13H2,1-2H3. The van der Waals surface area contributed by atoms with Gasteiger partial charge in [0.1, 0.15) is 0 Å². The van der Waals surface area contributed by atoms with E-state index in [1.54, 1.807) is 0 Å². The Labute approximate surface area is 162 Å². The van der Waals surface area contributed by atoms with Crippen LogP contribution in [0.4, 0.5) is 0 Å². The minimum atomic E-state index is -0.129. The number of ether oxygens (including phenoxy) is 4. The van der Waals surface area contributed by atoms with Crippen LogP contribution in [0.25, 0.3) is 0 Å². The van der Waals surface area contributed by atoms with Crippen LogP contribution in [0.5, 0.6) is 0 Å². The monoisotopic (exact) mass is 382 g/mol. The van der Waals surface area contributed by atoms with E-state index < -0.39 is 0 Å². The third-order valence-corrected chi connectivity index (χ3v) is 5.92. The van der Waals surface area contributed by atoms with Crippen molar-refractivity contribution in [3.8, 4) is 0 Å². The van der Waals surface area contributed by atoms with Crippen LogP contribution in [-0.4, -0.2) is 49.6 Å². The number of rotatable bonds is 12. The average Bonchev–Trinajstić information content (AvgIpc) is 3.56. The summed E-state index contributed by atoms with van der Waals surface area (Å²) in [6.45, 7) is 5.13. The molecule has 2 heterocycles. The van der Waals surface area contributed by atoms with Gasteiger partial charge in [-0.15, -0.1) is 0 Å². The fourth-order valence-corrected chi connectivity index (χ4v) is 3.83. The highest BCUT2D eigenvalue weighted by Crippen LogP contribution is 2.39. The van der Waals surface area contributed by atoms with Gasteiger partial charge in [0, 0.05) is 6.42 Å². The normalized spacial score (nSPS) is 32.3. The van der Waals surface area contributed by atoms with Gasteiger partial charge in [0.05, 0.1) is 43.5 Å². The second-order valence-corrected chi connectivity index (χ2v) is 8.45. The van der Waals surface area contributed by atoms with Crippen LogP contribution in [0.3, 0.4) is 0 Å². The first-order valence-electron chi connectivity index (χ1n) is 10.7. The molecule has 2 aliphatic heterocycles. The summed E-state index contributed by atoms with van der Waals surface area (Å²) < 4.78 is 21.6. The molecule has 3 aliphatic rings. The number of hydrogen-bond acceptors (Lipinski definition) is 6. The van der Waals surface area contributed by atoms with E-state index in [1.807, 2.05) is 0 Å². The Bertz CT molecular complexity index is 507. The first-order valence-corrected chi connectivity index (χ1v) is 10.7. The van der Waals surface area contributed by atoms with Crippen molar-refractivity contribution in [2.45, 2.75) is 96.1 Å². The van der Waals surface area contributed by atoms with Crippen molar-refractivity contribution in [3.63, 3.8) is 0 Å². The predicted molar refractivity (Wildman–Crippen MR) is 99.1 cm³/mol. The molecule has 0 radical (unpaired) electrons. The lowest BCUT2D eigenvalue weighted by Crippen LogP contribution is -2.24. The minimum absolute atomic E-state index is 0.0143. The fraction of sp³-hybridized carbons (Fsp3) is 0.905. The van der Waals surface area contributed by atoms with Crippen molar-refractivity contribution < 1.29 is 28.5 Å². The Hall–Kier alpha value is -1.14. The molecule has 6 unspecified atom stereocenters. The largest absolute Gasteiger partial charge is 0.465 e. The van der Waals surface area contributed by atoms with E-state index in [4.69, 9.17) is 18.9 Å². The molecule has 6 atom stereocenters. The van der Waals surface area contributed by atoms with Gasteiger partial charge in [0.15, 0.2) is 0 Å². The quantitative estimate of drug-likeness (QED) is 0.292. The summed E-state index contributed by atoms with van der Waals surface area (Å²) in [7, 11) is 0. The molecule has 27 heavy (non-hydrogen) atoms. The Morgan fingerprint density at radius 2 is 1.89 bits per heavy atom. The van der Waals surface area contributed by atoms with Crippen LogP contribution in [0, 0.1) is 11.8 Å². The summed E-state index contributed by atoms with van der Waals surface area (Å²) in [6.07, 6.45) is 9.17. The maximum atomic E-state index is 12.0. The highest BCUT2D eigenvalue weighted by molar-refractivity contribution is 5.72. The molecular weight excluding hydrogens is 348 g/mol. The van der Waals surface area contributed by atoms with Gasteiger partial charge in [0.2, 0.25) is 0 Å². The van der Waals surface area contributed by atoms with E-state index in [9.17, 15) is 9.59 Å². The zero-order valence-electron chi connectivity index (χ0n) is 16.7. The highest BCUT2D eigenvalue weighted by atomic mass is 16.6. The summed E-state index contributed by atoms with van der Waals surface area (Å²) in [5.74, 6) is 0.181. The SMILES string of the molecule is CC(CCC1OC1C)COC(=O)CCCCCOC(=O)C1CCC2OC2C1. The van der Waals surface area contributed by atoms with Crippen molar-refractivity contribution in [1.82, 2.24) is 0 Å². The fourth-order valence-electron chi connectivity index (χ4n) is 3.83. The molecule has 3 fully saturated rings. The van der Waals surface area contributed by atoms with Gasteiger partial charge in [-0.3, -0.25) is 9.59 Å². The number of esters is 2. The molecule has 3 rings (SSSR count). The van der Waals surface area contributed by atoms with Crippen LogP contribution in [0.2, 0.25) is 0 Å². The van der Waals surface area contributed by atoms with Crippen LogP contribution in [0.15, 0.2) is 0 Å². The zero-order valence-corrected chi connectivity index (χ0v) is 16.7. The van der Waals surface area contributed by atoms with E-state index in [0.29, 0.717) is 50.0 Å². The van der Waals surface area contributed by atoms with Gasteiger partial charge < -0.3 is 18.9 Å². The van der Waals surface area contributed by atoms with Crippen molar-refractivity contribution >= 4 is 11.9 Å². The van der Waals surface area contributed by atoms with Crippen LogP contribution < -0.4 is 0 Å². The second kappa shape index (κ2) is 9.87. The summed E-state index contributed by atoms with van der Waals surface area (Å²) in [5, 5.41) is 0. The summed E-state index contributed by atoms with van der Waals surface area (Å²) in [5.41, 5.74) is 0. The number of unbranched alkanes of at least 4 members (excludes halogenated alkanes) is 2. The van der Waals surface area contributed by atoms with Crippen molar-refractivity contribution in [2.24, 2.45) is 11.8 Å². The van der Waals surface area contributed by atoms with Gasteiger partial charge >= 0.3 is 11.9 Å². The molecule has 0 amide bonds. The predicted octanol–water partition coefficient (Wildman–Crippen LogP) is 3.40.